The van der Waals surface area contributed by atoms with E-state index in [4.69, 9.17) is 4.52 Å². The highest BCUT2D eigenvalue weighted by Crippen LogP contribution is 2.24. The topological polar surface area (TPSA) is 59.2 Å². The molecular weight excluding hydrogens is 206 g/mol. The fourth-order valence-corrected chi connectivity index (χ4v) is 1.99. The maximum Gasteiger partial charge on any atom is 0.265 e. The van der Waals surface area contributed by atoms with Gasteiger partial charge in [0.2, 0.25) is 5.89 Å². The number of aromatic nitrogens is 2. The lowest BCUT2D eigenvalue weighted by Gasteiger charge is -2.18. The lowest BCUT2D eigenvalue weighted by Crippen LogP contribution is -2.21. The van der Waals surface area contributed by atoms with E-state index in [1.165, 1.54) is 0 Å². The van der Waals surface area contributed by atoms with E-state index >= 15 is 0 Å². The summed E-state index contributed by atoms with van der Waals surface area (Å²) in [5, 5.41) is 3.83. The second-order valence-electron chi connectivity index (χ2n) is 4.50. The van der Waals surface area contributed by atoms with E-state index in [1.807, 2.05) is 14.1 Å². The number of nitrogens with zero attached hydrogens (tertiary/aromatic N) is 3. The zero-order chi connectivity index (χ0) is 11.5. The number of rotatable bonds is 3. The first-order valence-corrected chi connectivity index (χ1v) is 5.69. The Morgan fingerprint density at radius 2 is 2.25 bits per heavy atom. The van der Waals surface area contributed by atoms with Crippen molar-refractivity contribution in [3.63, 3.8) is 0 Å². The predicted molar refractivity (Wildman–Crippen MR) is 59.3 cm³/mol. The quantitative estimate of drug-likeness (QED) is 0.776. The number of hydrogen-bond donors (Lipinski definition) is 0. The summed E-state index contributed by atoms with van der Waals surface area (Å²) >= 11 is 0. The van der Waals surface area contributed by atoms with Crippen LogP contribution in [0.1, 0.15) is 31.6 Å². The minimum absolute atomic E-state index is 0.0872. The first-order valence-electron chi connectivity index (χ1n) is 5.69. The Morgan fingerprint density at radius 1 is 1.44 bits per heavy atom. The van der Waals surface area contributed by atoms with Gasteiger partial charge in [0, 0.05) is 32.9 Å². The summed E-state index contributed by atoms with van der Waals surface area (Å²) in [6.07, 6.45) is 4.42. The Labute approximate surface area is 94.8 Å². The third kappa shape index (κ3) is 2.40. The zero-order valence-corrected chi connectivity index (χ0v) is 9.77. The fourth-order valence-electron chi connectivity index (χ4n) is 1.99. The normalized spacial score (nSPS) is 21.1. The van der Waals surface area contributed by atoms with Gasteiger partial charge in [-0.05, 0) is 18.0 Å². The van der Waals surface area contributed by atoms with Gasteiger partial charge in [-0.1, -0.05) is 6.42 Å². The number of anilines is 1. The summed E-state index contributed by atoms with van der Waals surface area (Å²) in [5.74, 6) is 1.57. The van der Waals surface area contributed by atoms with E-state index in [1.54, 1.807) is 4.90 Å². The molecule has 0 aliphatic heterocycles. The molecule has 0 N–H and O–H groups in total. The van der Waals surface area contributed by atoms with E-state index in [0.717, 1.165) is 19.3 Å². The Bertz CT molecular complexity index is 373. The molecule has 16 heavy (non-hydrogen) atoms. The van der Waals surface area contributed by atoms with Gasteiger partial charge in [-0.15, -0.1) is 0 Å². The smallest absolute Gasteiger partial charge is 0.265 e. The summed E-state index contributed by atoms with van der Waals surface area (Å²) in [6.45, 7) is 0. The van der Waals surface area contributed by atoms with Crippen molar-refractivity contribution in [2.24, 2.45) is 5.92 Å². The maximum atomic E-state index is 11.6. The molecule has 0 amide bonds. The molecule has 0 saturated heterocycles. The molecule has 1 unspecified atom stereocenters. The molecule has 5 heteroatoms. The summed E-state index contributed by atoms with van der Waals surface area (Å²) < 4.78 is 5.12. The SMILES string of the molecule is CN(C)c1noc(CC2CCCCC2=O)n1. The van der Waals surface area contributed by atoms with Crippen molar-refractivity contribution in [1.82, 2.24) is 10.1 Å². The van der Waals surface area contributed by atoms with Gasteiger partial charge in [-0.2, -0.15) is 4.98 Å². The highest BCUT2D eigenvalue weighted by atomic mass is 16.5. The molecule has 1 aromatic heterocycles. The molecule has 1 aromatic rings. The number of carbonyl (C=O) groups is 1. The van der Waals surface area contributed by atoms with Gasteiger partial charge in [0.1, 0.15) is 5.78 Å². The van der Waals surface area contributed by atoms with Crippen molar-refractivity contribution in [3.8, 4) is 0 Å². The summed E-state index contributed by atoms with van der Waals surface area (Å²) in [5.41, 5.74) is 0. The van der Waals surface area contributed by atoms with Crippen LogP contribution in [0, 0.1) is 5.92 Å². The number of Topliss-reactive ketones (excluding diaryl/α,β-unsaturated/α-hetero) is 1. The highest BCUT2D eigenvalue weighted by molar-refractivity contribution is 5.81. The van der Waals surface area contributed by atoms with Gasteiger partial charge in [-0.3, -0.25) is 4.79 Å². The van der Waals surface area contributed by atoms with Crippen LogP contribution < -0.4 is 4.90 Å². The first kappa shape index (κ1) is 11.1. The van der Waals surface area contributed by atoms with Crippen LogP contribution in [0.4, 0.5) is 5.95 Å². The number of carbonyl (C=O) groups excluding carboxylic acids is 1. The van der Waals surface area contributed by atoms with Crippen LogP contribution in [0.5, 0.6) is 0 Å². The minimum Gasteiger partial charge on any atom is -0.344 e. The Hall–Kier alpha value is -1.39. The highest BCUT2D eigenvalue weighted by Gasteiger charge is 2.24. The summed E-state index contributed by atoms with van der Waals surface area (Å²) in [6, 6.07) is 0. The van der Waals surface area contributed by atoms with Crippen molar-refractivity contribution >= 4 is 11.7 Å². The molecule has 0 spiro atoms. The fraction of sp³-hybridized carbons (Fsp3) is 0.727. The van der Waals surface area contributed by atoms with Gasteiger partial charge in [0.05, 0.1) is 0 Å². The van der Waals surface area contributed by atoms with Crippen molar-refractivity contribution in [1.29, 1.82) is 0 Å². The van der Waals surface area contributed by atoms with Gasteiger partial charge < -0.3 is 9.42 Å². The molecule has 1 saturated carbocycles. The molecular formula is C11H17N3O2. The van der Waals surface area contributed by atoms with Gasteiger partial charge in [0.15, 0.2) is 0 Å². The first-order chi connectivity index (χ1) is 7.66. The average molecular weight is 223 g/mol. The van der Waals surface area contributed by atoms with E-state index in [-0.39, 0.29) is 5.92 Å². The molecule has 1 aliphatic carbocycles. The van der Waals surface area contributed by atoms with Crippen molar-refractivity contribution in [3.05, 3.63) is 5.89 Å². The van der Waals surface area contributed by atoms with Crippen LogP contribution >= 0.6 is 0 Å². The molecule has 88 valence electrons. The monoisotopic (exact) mass is 223 g/mol. The molecule has 1 aliphatic rings. The third-order valence-corrected chi connectivity index (χ3v) is 2.96. The molecule has 1 fully saturated rings. The van der Waals surface area contributed by atoms with Gasteiger partial charge in [-0.25, -0.2) is 0 Å². The lowest BCUT2D eigenvalue weighted by molar-refractivity contribution is -0.124. The maximum absolute atomic E-state index is 11.6. The third-order valence-electron chi connectivity index (χ3n) is 2.96. The van der Waals surface area contributed by atoms with Crippen molar-refractivity contribution < 1.29 is 9.32 Å². The lowest BCUT2D eigenvalue weighted by atomic mass is 9.86. The van der Waals surface area contributed by atoms with Crippen LogP contribution in [0.3, 0.4) is 0 Å². The summed E-state index contributed by atoms with van der Waals surface area (Å²) in [4.78, 5) is 17.7. The molecule has 1 atom stereocenters. The Balaban J connectivity index is 1.99. The zero-order valence-electron chi connectivity index (χ0n) is 9.77. The molecule has 0 aromatic carbocycles. The summed E-state index contributed by atoms with van der Waals surface area (Å²) in [7, 11) is 3.72. The molecule has 5 nitrogen and oxygen atoms in total. The van der Waals surface area contributed by atoms with Crippen molar-refractivity contribution in [2.75, 3.05) is 19.0 Å². The van der Waals surface area contributed by atoms with Crippen LogP contribution in [-0.4, -0.2) is 30.0 Å². The van der Waals surface area contributed by atoms with E-state index in [9.17, 15) is 4.79 Å². The van der Waals surface area contributed by atoms with E-state index in [0.29, 0.717) is 30.5 Å². The van der Waals surface area contributed by atoms with Gasteiger partial charge in [0.25, 0.3) is 5.95 Å². The van der Waals surface area contributed by atoms with Crippen LogP contribution in [0.25, 0.3) is 0 Å². The second kappa shape index (κ2) is 4.63. The molecule has 0 radical (unpaired) electrons. The number of ketones is 1. The van der Waals surface area contributed by atoms with Crippen LogP contribution in [0.2, 0.25) is 0 Å². The van der Waals surface area contributed by atoms with E-state index < -0.39 is 0 Å². The predicted octanol–water partition coefficient (Wildman–Crippen LogP) is 1.44. The largest absolute Gasteiger partial charge is 0.344 e. The molecule has 0 bridgehead atoms. The molecule has 1 heterocycles. The van der Waals surface area contributed by atoms with E-state index in [2.05, 4.69) is 10.1 Å². The Kier molecular flexibility index (Phi) is 3.22. The second-order valence-corrected chi connectivity index (χ2v) is 4.50. The Morgan fingerprint density at radius 3 is 2.88 bits per heavy atom. The average Bonchev–Trinajstić information content (AvgIpc) is 2.70. The van der Waals surface area contributed by atoms with Gasteiger partial charge >= 0.3 is 0 Å². The van der Waals surface area contributed by atoms with Crippen molar-refractivity contribution in [2.45, 2.75) is 32.1 Å². The number of hydrogen-bond acceptors (Lipinski definition) is 5. The van der Waals surface area contributed by atoms with Crippen LogP contribution in [0.15, 0.2) is 4.52 Å². The van der Waals surface area contributed by atoms with Crippen LogP contribution in [-0.2, 0) is 11.2 Å². The minimum atomic E-state index is 0.0872. The standard InChI is InChI=1S/C11H17N3O2/c1-14(2)11-12-10(16-13-11)7-8-5-3-4-6-9(8)15/h8H,3-7H2,1-2H3. The molecule has 2 rings (SSSR count).